The fraction of sp³-hybridized carbons (Fsp3) is 0.367. The Morgan fingerprint density at radius 2 is 1.70 bits per heavy atom. The molecule has 230 valence electrons. The van der Waals surface area contributed by atoms with Gasteiger partial charge in [0.15, 0.2) is 5.82 Å². The maximum atomic E-state index is 13.6. The van der Waals surface area contributed by atoms with Crippen molar-refractivity contribution >= 4 is 29.2 Å². The molecule has 0 saturated heterocycles. The monoisotopic (exact) mass is 592 g/mol. The predicted octanol–water partition coefficient (Wildman–Crippen LogP) is 2.46. The van der Waals surface area contributed by atoms with E-state index in [0.29, 0.717) is 45.1 Å². The van der Waals surface area contributed by atoms with Crippen molar-refractivity contribution in [1.29, 1.82) is 5.41 Å². The summed E-state index contributed by atoms with van der Waals surface area (Å²) < 4.78 is 12.2. The molecule has 3 rings (SSSR count). The number of carbonyl (C=O) groups is 2. The normalized spacial score (nSPS) is 11.5. The van der Waals surface area contributed by atoms with E-state index in [-0.39, 0.29) is 42.7 Å². The van der Waals surface area contributed by atoms with Crippen LogP contribution in [0.3, 0.4) is 0 Å². The summed E-state index contributed by atoms with van der Waals surface area (Å²) in [5, 5.41) is 16.5. The number of aromatic nitrogens is 2. The number of ether oxygens (including phenoxy) is 2. The van der Waals surface area contributed by atoms with Gasteiger partial charge in [-0.15, -0.1) is 0 Å². The van der Waals surface area contributed by atoms with Crippen molar-refractivity contribution in [3.05, 3.63) is 63.6 Å². The summed E-state index contributed by atoms with van der Waals surface area (Å²) in [5.74, 6) is -0.128. The highest BCUT2D eigenvalue weighted by atomic mass is 16.5. The fourth-order valence-electron chi connectivity index (χ4n) is 4.29. The second kappa shape index (κ2) is 14.2. The molecule has 0 fully saturated rings. The molecule has 0 aliphatic carbocycles. The lowest BCUT2D eigenvalue weighted by Crippen LogP contribution is -2.35. The summed E-state index contributed by atoms with van der Waals surface area (Å²) >= 11 is 0. The number of rotatable bonds is 13. The average molecular weight is 593 g/mol. The van der Waals surface area contributed by atoms with Crippen LogP contribution in [-0.4, -0.2) is 53.5 Å². The van der Waals surface area contributed by atoms with E-state index in [4.69, 9.17) is 26.4 Å². The third-order valence-electron chi connectivity index (χ3n) is 6.67. The summed E-state index contributed by atoms with van der Waals surface area (Å²) in [7, 11) is 2.91. The molecule has 1 heterocycles. The average Bonchev–Trinajstić information content (AvgIpc) is 2.96. The molecule has 0 aliphatic rings. The minimum absolute atomic E-state index is 0.00779. The van der Waals surface area contributed by atoms with Crippen molar-refractivity contribution in [2.24, 2.45) is 5.73 Å². The topological polar surface area (TPSA) is 199 Å². The van der Waals surface area contributed by atoms with Crippen molar-refractivity contribution in [3.63, 3.8) is 0 Å². The Morgan fingerprint density at radius 1 is 1.05 bits per heavy atom. The molecule has 1 aromatic heterocycles. The number of amides is 2. The highest BCUT2D eigenvalue weighted by Crippen LogP contribution is 2.30. The van der Waals surface area contributed by atoms with Gasteiger partial charge in [0.1, 0.15) is 23.9 Å². The zero-order valence-electron chi connectivity index (χ0n) is 25.3. The van der Waals surface area contributed by atoms with Crippen LogP contribution < -0.4 is 42.5 Å². The van der Waals surface area contributed by atoms with E-state index in [1.54, 1.807) is 30.3 Å². The molecule has 1 atom stereocenters. The molecule has 0 bridgehead atoms. The van der Waals surface area contributed by atoms with Crippen molar-refractivity contribution < 1.29 is 19.1 Å². The predicted molar refractivity (Wildman–Crippen MR) is 167 cm³/mol. The standard InChI is InChI=1S/C30H40N8O5/c1-7-17(4)37-29(40)20-8-18(9-21(31)10-20)23-14-35-28(36-16(2)3)30(41)38(23)15-26(39)34-13-22-24(42-5)11-19(27(32)33)12-25(22)43-6/h8-12,14,16-17H,7,13,15,31H2,1-6H3,(H3,32,33)(H,34,39)(H,35,36)(H,37,40)/t17-/m1/s1. The van der Waals surface area contributed by atoms with Crippen molar-refractivity contribution in [2.75, 3.05) is 25.3 Å². The summed E-state index contributed by atoms with van der Waals surface area (Å²) in [5.41, 5.74) is 13.6. The first kappa shape index (κ1) is 32.4. The Labute approximate surface area is 250 Å². The lowest BCUT2D eigenvalue weighted by atomic mass is 10.1. The maximum absolute atomic E-state index is 13.6. The van der Waals surface area contributed by atoms with Gasteiger partial charge in [0, 0.05) is 34.5 Å². The Bertz CT molecular complexity index is 1540. The minimum atomic E-state index is -0.518. The van der Waals surface area contributed by atoms with Gasteiger partial charge in [-0.25, -0.2) is 4.98 Å². The van der Waals surface area contributed by atoms with Crippen LogP contribution in [0.25, 0.3) is 11.3 Å². The number of nitrogens with zero attached hydrogens (tertiary/aromatic N) is 2. The van der Waals surface area contributed by atoms with E-state index in [1.165, 1.54) is 25.0 Å². The van der Waals surface area contributed by atoms with Gasteiger partial charge in [0.05, 0.1) is 38.2 Å². The quantitative estimate of drug-likeness (QED) is 0.0980. The molecule has 2 aromatic carbocycles. The fourth-order valence-corrected chi connectivity index (χ4v) is 4.29. The largest absolute Gasteiger partial charge is 0.496 e. The summed E-state index contributed by atoms with van der Waals surface area (Å²) in [6.07, 6.45) is 2.22. The molecule has 3 aromatic rings. The number of amidine groups is 1. The highest BCUT2D eigenvalue weighted by molar-refractivity contribution is 5.97. The third-order valence-corrected chi connectivity index (χ3v) is 6.67. The SMILES string of the molecule is CC[C@@H](C)NC(=O)c1cc(N)cc(-c2cnc(NC(C)C)c(=O)n2CC(=O)NCc2c(OC)cc(C(=N)N)cc2OC)c1. The molecule has 0 saturated carbocycles. The molecule has 0 spiro atoms. The molecule has 13 heteroatoms. The third kappa shape index (κ3) is 8.03. The van der Waals surface area contributed by atoms with Crippen LogP contribution in [0.4, 0.5) is 11.5 Å². The van der Waals surface area contributed by atoms with E-state index in [1.807, 2.05) is 27.7 Å². The Morgan fingerprint density at radius 3 is 2.26 bits per heavy atom. The smallest absolute Gasteiger partial charge is 0.294 e. The van der Waals surface area contributed by atoms with E-state index >= 15 is 0 Å². The van der Waals surface area contributed by atoms with Gasteiger partial charge in [0.25, 0.3) is 11.5 Å². The van der Waals surface area contributed by atoms with Gasteiger partial charge in [-0.1, -0.05) is 6.92 Å². The number of hydrogen-bond acceptors (Lipinski definition) is 9. The maximum Gasteiger partial charge on any atom is 0.294 e. The van der Waals surface area contributed by atoms with Crippen LogP contribution >= 0.6 is 0 Å². The van der Waals surface area contributed by atoms with Crippen molar-refractivity contribution in [1.82, 2.24) is 20.2 Å². The number of carbonyl (C=O) groups excluding carboxylic acids is 2. The van der Waals surface area contributed by atoms with Gasteiger partial charge in [-0.05, 0) is 57.5 Å². The molecule has 8 N–H and O–H groups in total. The molecule has 43 heavy (non-hydrogen) atoms. The van der Waals surface area contributed by atoms with Crippen LogP contribution in [0.2, 0.25) is 0 Å². The molecule has 0 radical (unpaired) electrons. The number of methoxy groups -OCH3 is 2. The van der Waals surface area contributed by atoms with E-state index in [2.05, 4.69) is 20.9 Å². The lowest BCUT2D eigenvalue weighted by Gasteiger charge is -2.18. The molecule has 0 unspecified atom stereocenters. The second-order valence-electron chi connectivity index (χ2n) is 10.4. The summed E-state index contributed by atoms with van der Waals surface area (Å²) in [4.78, 5) is 44.0. The molecule has 2 amide bonds. The summed E-state index contributed by atoms with van der Waals surface area (Å²) in [6, 6.07) is 7.81. The second-order valence-corrected chi connectivity index (χ2v) is 10.4. The number of nitrogens with two attached hydrogens (primary N) is 2. The van der Waals surface area contributed by atoms with Crippen LogP contribution in [0.1, 0.15) is 55.6 Å². The van der Waals surface area contributed by atoms with Crippen LogP contribution in [0.15, 0.2) is 41.3 Å². The van der Waals surface area contributed by atoms with E-state index in [9.17, 15) is 14.4 Å². The number of anilines is 2. The number of benzene rings is 2. The zero-order valence-corrected chi connectivity index (χ0v) is 25.3. The van der Waals surface area contributed by atoms with Gasteiger partial charge in [-0.3, -0.25) is 24.4 Å². The molecular weight excluding hydrogens is 552 g/mol. The summed E-state index contributed by atoms with van der Waals surface area (Å²) in [6.45, 7) is 7.24. The number of nitrogens with one attached hydrogen (secondary N) is 4. The van der Waals surface area contributed by atoms with Gasteiger partial charge in [0.2, 0.25) is 5.91 Å². The van der Waals surface area contributed by atoms with Crippen LogP contribution in [-0.2, 0) is 17.9 Å². The van der Waals surface area contributed by atoms with E-state index in [0.717, 1.165) is 6.42 Å². The van der Waals surface area contributed by atoms with Crippen molar-refractivity contribution in [2.45, 2.75) is 59.3 Å². The first-order valence-electron chi connectivity index (χ1n) is 13.8. The van der Waals surface area contributed by atoms with Crippen LogP contribution in [0.5, 0.6) is 11.5 Å². The van der Waals surface area contributed by atoms with Gasteiger partial charge >= 0.3 is 0 Å². The number of nitrogen functional groups attached to an aromatic ring is 2. The Kier molecular flexibility index (Phi) is 10.7. The van der Waals surface area contributed by atoms with Gasteiger partial charge < -0.3 is 36.9 Å². The Hall–Kier alpha value is -5.07. The Balaban J connectivity index is 2.00. The first-order valence-corrected chi connectivity index (χ1v) is 13.8. The zero-order chi connectivity index (χ0) is 31.8. The molecule has 0 aliphatic heterocycles. The molecular formula is C30H40N8O5. The molecule has 13 nitrogen and oxygen atoms in total. The number of hydrogen-bond donors (Lipinski definition) is 6. The van der Waals surface area contributed by atoms with E-state index < -0.39 is 11.5 Å². The highest BCUT2D eigenvalue weighted by Gasteiger charge is 2.20. The van der Waals surface area contributed by atoms with Gasteiger partial charge in [-0.2, -0.15) is 0 Å². The first-order chi connectivity index (χ1) is 20.4. The minimum Gasteiger partial charge on any atom is -0.496 e. The van der Waals surface area contributed by atoms with Crippen LogP contribution in [0, 0.1) is 5.41 Å². The van der Waals surface area contributed by atoms with Crippen molar-refractivity contribution in [3.8, 4) is 22.8 Å². The lowest BCUT2D eigenvalue weighted by molar-refractivity contribution is -0.121.